The Bertz CT molecular complexity index is 761. The fourth-order valence-electron chi connectivity index (χ4n) is 5.24. The second-order valence-electron chi connectivity index (χ2n) is 10.6. The lowest BCUT2D eigenvalue weighted by molar-refractivity contribution is 0.743. The summed E-state index contributed by atoms with van der Waals surface area (Å²) in [5.41, 5.74) is 9.18. The number of rotatable bonds is 6. The van der Waals surface area contributed by atoms with Crippen LogP contribution >= 0.6 is 0 Å². The third kappa shape index (κ3) is 4.84. The van der Waals surface area contributed by atoms with Gasteiger partial charge in [0.25, 0.3) is 0 Å². The Balaban J connectivity index is 2.14. The number of hydrogen-bond acceptors (Lipinski definition) is 2. The molecule has 2 nitrogen and oxygen atoms in total. The molecule has 0 bridgehead atoms. The van der Waals surface area contributed by atoms with Gasteiger partial charge in [-0.2, -0.15) is 0 Å². The van der Waals surface area contributed by atoms with E-state index in [0.29, 0.717) is 23.7 Å². The zero-order valence-corrected chi connectivity index (χ0v) is 22.5. The van der Waals surface area contributed by atoms with Crippen molar-refractivity contribution in [1.29, 1.82) is 0 Å². The molecule has 0 saturated carbocycles. The van der Waals surface area contributed by atoms with E-state index in [1.165, 1.54) is 41.8 Å². The molecule has 1 saturated heterocycles. The minimum absolute atomic E-state index is 0.541. The van der Waals surface area contributed by atoms with Gasteiger partial charge in [0.05, 0.1) is 0 Å². The van der Waals surface area contributed by atoms with Crippen molar-refractivity contribution in [3.63, 3.8) is 0 Å². The second-order valence-corrected chi connectivity index (χ2v) is 13.1. The lowest BCUT2D eigenvalue weighted by atomic mass is 9.92. The summed E-state index contributed by atoms with van der Waals surface area (Å²) in [7, 11) is 0. The fourth-order valence-corrected chi connectivity index (χ4v) is 8.03. The molecular formula is C28H43AlN2. The first-order valence-corrected chi connectivity index (χ1v) is 14.6. The Morgan fingerprint density at radius 2 is 0.871 bits per heavy atom. The van der Waals surface area contributed by atoms with Crippen molar-refractivity contribution in [3.05, 3.63) is 58.7 Å². The molecule has 0 spiro atoms. The monoisotopic (exact) mass is 434 g/mol. The molecule has 1 heterocycles. The summed E-state index contributed by atoms with van der Waals surface area (Å²) in [6.45, 7) is 21.2. The van der Waals surface area contributed by atoms with E-state index in [-0.39, 0.29) is 0 Å². The molecule has 0 radical (unpaired) electrons. The standard InChI is InChI=1S/C27H40N2.CH3.Al/c1-18(2)22-12-9-13-23(19(3)4)26(22)28-16-11-17-29-27-24(20(5)6)14-10-15-25(27)21(7)8;;/h9-10,12-15,18-21H,11,16-17H2,1-8H3;1H3;/q-2;;+2. The quantitative estimate of drug-likeness (QED) is 0.425. The maximum atomic E-state index is 2.84. The van der Waals surface area contributed by atoms with Gasteiger partial charge in [-0.3, -0.25) is 0 Å². The van der Waals surface area contributed by atoms with Gasteiger partial charge in [0.15, 0.2) is 0 Å². The molecule has 168 valence electrons. The average Bonchev–Trinajstić information content (AvgIpc) is 2.72. The van der Waals surface area contributed by atoms with Crippen LogP contribution in [0.4, 0.5) is 11.4 Å². The molecule has 31 heavy (non-hydrogen) atoms. The maximum Gasteiger partial charge on any atom is 0.570 e. The Morgan fingerprint density at radius 1 is 0.581 bits per heavy atom. The lowest BCUT2D eigenvalue weighted by Gasteiger charge is -2.46. The van der Waals surface area contributed by atoms with Gasteiger partial charge in [-0.25, -0.2) is 0 Å². The Labute approximate surface area is 196 Å². The Kier molecular flexibility index (Phi) is 7.82. The number of benzene rings is 2. The van der Waals surface area contributed by atoms with E-state index < -0.39 is 14.6 Å². The highest BCUT2D eigenvalue weighted by Crippen LogP contribution is 2.41. The van der Waals surface area contributed by atoms with Gasteiger partial charge >= 0.3 is 14.6 Å². The van der Waals surface area contributed by atoms with Gasteiger partial charge in [-0.1, -0.05) is 97.6 Å². The van der Waals surface area contributed by atoms with E-state index in [1.807, 2.05) is 0 Å². The smallest absolute Gasteiger partial charge is 0.444 e. The van der Waals surface area contributed by atoms with Crippen molar-refractivity contribution < 1.29 is 0 Å². The second kappa shape index (κ2) is 10.0. The molecule has 0 unspecified atom stereocenters. The van der Waals surface area contributed by atoms with Crippen LogP contribution in [0.3, 0.4) is 0 Å². The summed E-state index contributed by atoms with van der Waals surface area (Å²) in [5.74, 6) is 4.72. The van der Waals surface area contributed by atoms with Crippen LogP contribution in [0.5, 0.6) is 0 Å². The van der Waals surface area contributed by atoms with Crippen LogP contribution in [0.2, 0.25) is 5.79 Å². The summed E-state index contributed by atoms with van der Waals surface area (Å²) >= 11 is -1.39. The maximum absolute atomic E-state index is 2.84. The van der Waals surface area contributed by atoms with Gasteiger partial charge in [0.2, 0.25) is 0 Å². The fraction of sp³-hybridized carbons (Fsp3) is 0.571. The van der Waals surface area contributed by atoms with E-state index in [1.54, 1.807) is 11.4 Å². The molecule has 1 aliphatic heterocycles. The predicted octanol–water partition coefficient (Wildman–Crippen LogP) is 8.01. The van der Waals surface area contributed by atoms with Crippen molar-refractivity contribution in [2.75, 3.05) is 20.9 Å². The van der Waals surface area contributed by atoms with Crippen LogP contribution in [0.25, 0.3) is 0 Å². The van der Waals surface area contributed by atoms with Crippen LogP contribution in [0, 0.1) is 0 Å². The highest BCUT2D eigenvalue weighted by molar-refractivity contribution is 6.66. The Morgan fingerprint density at radius 3 is 1.13 bits per heavy atom. The minimum Gasteiger partial charge on any atom is -0.444 e. The van der Waals surface area contributed by atoms with Gasteiger partial charge in [-0.15, -0.1) is 0 Å². The van der Waals surface area contributed by atoms with E-state index in [9.17, 15) is 0 Å². The molecule has 0 amide bonds. The van der Waals surface area contributed by atoms with Gasteiger partial charge in [-0.05, 0) is 65.4 Å². The highest BCUT2D eigenvalue weighted by atomic mass is 27.2. The molecule has 0 aromatic heterocycles. The first-order chi connectivity index (χ1) is 14.6. The van der Waals surface area contributed by atoms with E-state index in [4.69, 9.17) is 0 Å². The van der Waals surface area contributed by atoms with Gasteiger partial charge in [0.1, 0.15) is 0 Å². The van der Waals surface area contributed by atoms with Crippen molar-refractivity contribution in [3.8, 4) is 0 Å². The van der Waals surface area contributed by atoms with Gasteiger partial charge < -0.3 is 7.77 Å². The van der Waals surface area contributed by atoms with Crippen LogP contribution < -0.4 is 7.77 Å². The van der Waals surface area contributed by atoms with Crippen molar-refractivity contribution in [1.82, 2.24) is 0 Å². The molecule has 3 rings (SSSR count). The molecule has 2 aromatic rings. The van der Waals surface area contributed by atoms with Gasteiger partial charge in [0, 0.05) is 11.4 Å². The molecule has 1 aliphatic rings. The lowest BCUT2D eigenvalue weighted by Crippen LogP contribution is -2.57. The van der Waals surface area contributed by atoms with Crippen LogP contribution in [0.15, 0.2) is 36.4 Å². The predicted molar refractivity (Wildman–Crippen MR) is 140 cm³/mol. The van der Waals surface area contributed by atoms with Crippen molar-refractivity contribution in [2.45, 2.75) is 91.3 Å². The van der Waals surface area contributed by atoms with Crippen LogP contribution in [-0.2, 0) is 0 Å². The SMILES string of the molecule is CC(C)c1cccc(C(C)C)c1[N]1CCC[N](c2c(C(C)C)cccc2C(C)C)[Al]1[CH3]. The van der Waals surface area contributed by atoms with E-state index in [2.05, 4.69) is 105 Å². The molecule has 0 atom stereocenters. The van der Waals surface area contributed by atoms with Crippen molar-refractivity contribution in [2.24, 2.45) is 0 Å². The topological polar surface area (TPSA) is 6.48 Å². The zero-order valence-electron chi connectivity index (χ0n) is 21.4. The first-order valence-electron chi connectivity index (χ1n) is 12.4. The zero-order chi connectivity index (χ0) is 22.9. The average molecular weight is 435 g/mol. The number of anilines is 2. The molecule has 2 aromatic carbocycles. The van der Waals surface area contributed by atoms with Crippen LogP contribution in [0.1, 0.15) is 108 Å². The number of nitrogens with zero attached hydrogens (tertiary/aromatic N) is 2. The summed E-state index contributed by atoms with van der Waals surface area (Å²) in [6, 6.07) is 14.0. The third-order valence-corrected chi connectivity index (χ3v) is 9.80. The first kappa shape index (κ1) is 24.2. The molecule has 0 N–H and O–H groups in total. The van der Waals surface area contributed by atoms with Crippen LogP contribution in [-0.4, -0.2) is 27.7 Å². The van der Waals surface area contributed by atoms with E-state index in [0.717, 1.165) is 0 Å². The molecule has 3 heteroatoms. The minimum atomic E-state index is -1.39. The summed E-state index contributed by atoms with van der Waals surface area (Å²) in [4.78, 5) is 0. The normalized spacial score (nSPS) is 15.2. The Hall–Kier alpha value is -1.43. The molecule has 0 aliphatic carbocycles. The van der Waals surface area contributed by atoms with Crippen molar-refractivity contribution >= 4 is 26.0 Å². The van der Waals surface area contributed by atoms with E-state index >= 15 is 0 Å². The molecular weight excluding hydrogens is 391 g/mol. The number of hydrogen-bond donors (Lipinski definition) is 0. The number of para-hydroxylation sites is 2. The third-order valence-electron chi connectivity index (χ3n) is 6.96. The summed E-state index contributed by atoms with van der Waals surface area (Å²) in [6.07, 6.45) is 1.23. The molecule has 1 fully saturated rings. The highest BCUT2D eigenvalue weighted by Gasteiger charge is 2.38. The largest absolute Gasteiger partial charge is 0.570 e. The summed E-state index contributed by atoms with van der Waals surface area (Å²) < 4.78 is 5.69. The summed E-state index contributed by atoms with van der Waals surface area (Å²) in [5, 5.41) is 0.